The molecule has 6 heteroatoms. The maximum atomic E-state index is 12.2. The minimum absolute atomic E-state index is 0.290. The fourth-order valence-electron chi connectivity index (χ4n) is 2.21. The molecule has 4 nitrogen and oxygen atoms in total. The molecule has 24 heavy (non-hydrogen) atoms. The number of halogens is 1. The second-order valence-corrected chi connectivity index (χ2v) is 7.07. The molecule has 0 aliphatic carbocycles. The van der Waals surface area contributed by atoms with Gasteiger partial charge in [0.1, 0.15) is 4.88 Å². The maximum Gasteiger partial charge on any atom is 0.349 e. The van der Waals surface area contributed by atoms with E-state index in [2.05, 4.69) is 5.32 Å². The first-order valence-corrected chi connectivity index (χ1v) is 8.93. The van der Waals surface area contributed by atoms with Crippen molar-refractivity contribution in [3.05, 3.63) is 56.2 Å². The highest BCUT2D eigenvalue weighted by Gasteiger charge is 2.20. The lowest BCUT2D eigenvalue weighted by molar-refractivity contribution is -0.129. The lowest BCUT2D eigenvalue weighted by atomic mass is 10.2. The maximum absolute atomic E-state index is 12.2. The van der Waals surface area contributed by atoms with Gasteiger partial charge >= 0.3 is 5.97 Å². The van der Waals surface area contributed by atoms with E-state index < -0.39 is 12.1 Å². The topological polar surface area (TPSA) is 55.4 Å². The first-order chi connectivity index (χ1) is 11.4. The fraction of sp³-hybridized carbons (Fsp3) is 0.333. The van der Waals surface area contributed by atoms with Crippen molar-refractivity contribution in [1.29, 1.82) is 0 Å². The number of amides is 1. The van der Waals surface area contributed by atoms with Crippen molar-refractivity contribution in [2.75, 3.05) is 0 Å². The van der Waals surface area contributed by atoms with E-state index in [0.29, 0.717) is 16.4 Å². The SMILES string of the molecule is CCc1cc(C(=O)O[C@@H](C)C(=O)NCc2ccccc2Cl)sc1C. The number of hydrogen-bond donors (Lipinski definition) is 1. The molecule has 1 aromatic heterocycles. The third-order valence-corrected chi connectivity index (χ3v) is 5.11. The van der Waals surface area contributed by atoms with Gasteiger partial charge in [-0.05, 0) is 43.5 Å². The molecule has 128 valence electrons. The summed E-state index contributed by atoms with van der Waals surface area (Å²) >= 11 is 7.44. The Morgan fingerprint density at radius 2 is 2.00 bits per heavy atom. The third-order valence-electron chi connectivity index (χ3n) is 3.67. The van der Waals surface area contributed by atoms with Crippen LogP contribution in [0.4, 0.5) is 0 Å². The Bertz CT molecular complexity index is 742. The number of ether oxygens (including phenoxy) is 1. The number of carbonyl (C=O) groups excluding carboxylic acids is 2. The summed E-state index contributed by atoms with van der Waals surface area (Å²) in [5, 5.41) is 3.31. The number of thiophene rings is 1. The number of aryl methyl sites for hydroxylation is 2. The minimum atomic E-state index is -0.868. The van der Waals surface area contributed by atoms with E-state index in [4.69, 9.17) is 16.3 Å². The quantitative estimate of drug-likeness (QED) is 0.783. The van der Waals surface area contributed by atoms with Gasteiger partial charge in [0.2, 0.25) is 0 Å². The van der Waals surface area contributed by atoms with Crippen LogP contribution < -0.4 is 5.32 Å². The van der Waals surface area contributed by atoms with Crippen LogP contribution in [-0.2, 0) is 22.5 Å². The van der Waals surface area contributed by atoms with Crippen LogP contribution in [0.3, 0.4) is 0 Å². The molecule has 0 radical (unpaired) electrons. The first kappa shape index (κ1) is 18.5. The Morgan fingerprint density at radius 3 is 2.62 bits per heavy atom. The molecule has 1 amide bonds. The van der Waals surface area contributed by atoms with Crippen LogP contribution in [0.25, 0.3) is 0 Å². The Balaban J connectivity index is 1.91. The highest BCUT2D eigenvalue weighted by Crippen LogP contribution is 2.23. The van der Waals surface area contributed by atoms with Crippen LogP contribution in [0.5, 0.6) is 0 Å². The molecule has 1 aromatic carbocycles. The summed E-state index contributed by atoms with van der Waals surface area (Å²) in [5.74, 6) is -0.824. The summed E-state index contributed by atoms with van der Waals surface area (Å²) in [6.45, 7) is 5.86. The van der Waals surface area contributed by atoms with Crippen LogP contribution in [0.1, 0.15) is 39.5 Å². The molecule has 0 spiro atoms. The van der Waals surface area contributed by atoms with E-state index in [1.165, 1.54) is 11.3 Å². The van der Waals surface area contributed by atoms with Crippen molar-refractivity contribution in [1.82, 2.24) is 5.32 Å². The zero-order chi connectivity index (χ0) is 17.7. The molecule has 0 bridgehead atoms. The summed E-state index contributed by atoms with van der Waals surface area (Å²) < 4.78 is 5.26. The molecule has 1 heterocycles. The highest BCUT2D eigenvalue weighted by atomic mass is 35.5. The monoisotopic (exact) mass is 365 g/mol. The van der Waals surface area contributed by atoms with Crippen LogP contribution in [0.15, 0.2) is 30.3 Å². The minimum Gasteiger partial charge on any atom is -0.448 e. The zero-order valence-corrected chi connectivity index (χ0v) is 15.5. The molecule has 1 N–H and O–H groups in total. The summed E-state index contributed by atoms with van der Waals surface area (Å²) in [6.07, 6.45) is -0.00351. The van der Waals surface area contributed by atoms with E-state index in [0.717, 1.165) is 22.4 Å². The molecule has 0 unspecified atom stereocenters. The van der Waals surface area contributed by atoms with Gasteiger partial charge < -0.3 is 10.1 Å². The van der Waals surface area contributed by atoms with Gasteiger partial charge in [0, 0.05) is 16.4 Å². The number of esters is 1. The number of carbonyl (C=O) groups is 2. The predicted octanol–water partition coefficient (Wildman–Crippen LogP) is 4.13. The van der Waals surface area contributed by atoms with Crippen LogP contribution >= 0.6 is 22.9 Å². The molecule has 2 rings (SSSR count). The summed E-state index contributed by atoms with van der Waals surface area (Å²) in [7, 11) is 0. The lowest BCUT2D eigenvalue weighted by Gasteiger charge is -2.13. The van der Waals surface area contributed by atoms with Gasteiger partial charge in [0.15, 0.2) is 6.10 Å². The predicted molar refractivity (Wildman–Crippen MR) is 96.6 cm³/mol. The Labute approximate surface area is 150 Å². The van der Waals surface area contributed by atoms with Gasteiger partial charge in [-0.2, -0.15) is 0 Å². The van der Waals surface area contributed by atoms with Crippen molar-refractivity contribution >= 4 is 34.8 Å². The average Bonchev–Trinajstić information content (AvgIpc) is 2.94. The van der Waals surface area contributed by atoms with Crippen molar-refractivity contribution in [2.24, 2.45) is 0 Å². The van der Waals surface area contributed by atoms with Gasteiger partial charge in [-0.3, -0.25) is 4.79 Å². The second kappa shape index (κ2) is 8.31. The molecule has 0 aliphatic rings. The van der Waals surface area contributed by atoms with Crippen molar-refractivity contribution in [3.63, 3.8) is 0 Å². The van der Waals surface area contributed by atoms with Crippen LogP contribution in [-0.4, -0.2) is 18.0 Å². The molecule has 0 saturated heterocycles. The van der Waals surface area contributed by atoms with Gasteiger partial charge in [0.05, 0.1) is 0 Å². The molecule has 0 fully saturated rings. The van der Waals surface area contributed by atoms with Crippen molar-refractivity contribution < 1.29 is 14.3 Å². The Morgan fingerprint density at radius 1 is 1.29 bits per heavy atom. The van der Waals surface area contributed by atoms with Gasteiger partial charge in [-0.1, -0.05) is 36.7 Å². The zero-order valence-electron chi connectivity index (χ0n) is 13.9. The van der Waals surface area contributed by atoms with E-state index >= 15 is 0 Å². The Hall–Kier alpha value is -1.85. The smallest absolute Gasteiger partial charge is 0.349 e. The third kappa shape index (κ3) is 4.58. The van der Waals surface area contributed by atoms with E-state index in [9.17, 15) is 9.59 Å². The number of benzene rings is 1. The summed E-state index contributed by atoms with van der Waals surface area (Å²) in [4.78, 5) is 25.9. The number of hydrogen-bond acceptors (Lipinski definition) is 4. The van der Waals surface area contributed by atoms with Crippen molar-refractivity contribution in [2.45, 2.75) is 39.8 Å². The van der Waals surface area contributed by atoms with Crippen LogP contribution in [0.2, 0.25) is 5.02 Å². The molecule has 0 saturated carbocycles. The fourth-order valence-corrected chi connectivity index (χ4v) is 3.41. The Kier molecular flexibility index (Phi) is 6.40. The van der Waals surface area contributed by atoms with Gasteiger partial charge in [0.25, 0.3) is 5.91 Å². The van der Waals surface area contributed by atoms with Crippen LogP contribution in [0, 0.1) is 6.92 Å². The summed E-state index contributed by atoms with van der Waals surface area (Å²) in [5.41, 5.74) is 1.94. The molecular formula is C18H20ClNO3S. The number of rotatable bonds is 6. The standard InChI is InChI=1S/C18H20ClNO3S/c1-4-13-9-16(24-12(13)3)18(22)23-11(2)17(21)20-10-14-7-5-6-8-15(14)19/h5-9,11H,4,10H2,1-3H3,(H,20,21)/t11-/m0/s1. The van der Waals surface area contributed by atoms with E-state index in [1.54, 1.807) is 13.0 Å². The molecule has 1 atom stereocenters. The average molecular weight is 366 g/mol. The van der Waals surface area contributed by atoms with Crippen molar-refractivity contribution in [3.8, 4) is 0 Å². The molecular weight excluding hydrogens is 346 g/mol. The second-order valence-electron chi connectivity index (χ2n) is 5.40. The van der Waals surface area contributed by atoms with E-state index in [1.807, 2.05) is 38.1 Å². The summed E-state index contributed by atoms with van der Waals surface area (Å²) in [6, 6.07) is 9.10. The first-order valence-electron chi connectivity index (χ1n) is 7.73. The van der Waals surface area contributed by atoms with Gasteiger partial charge in [-0.25, -0.2) is 4.79 Å². The molecule has 0 aliphatic heterocycles. The van der Waals surface area contributed by atoms with Gasteiger partial charge in [-0.15, -0.1) is 11.3 Å². The largest absolute Gasteiger partial charge is 0.448 e. The normalized spacial score (nSPS) is 11.8. The molecule has 2 aromatic rings. The highest BCUT2D eigenvalue weighted by molar-refractivity contribution is 7.14. The number of nitrogens with one attached hydrogen (secondary N) is 1. The lowest BCUT2D eigenvalue weighted by Crippen LogP contribution is -2.35. The van der Waals surface area contributed by atoms with E-state index in [-0.39, 0.29) is 5.91 Å².